The lowest BCUT2D eigenvalue weighted by molar-refractivity contribution is 0.0271. The first-order valence-electron chi connectivity index (χ1n) is 9.24. The lowest BCUT2D eigenvalue weighted by Crippen LogP contribution is -2.36. The van der Waals surface area contributed by atoms with Crippen LogP contribution in [0.5, 0.6) is 5.75 Å². The van der Waals surface area contributed by atoms with Crippen LogP contribution in [0.4, 0.5) is 4.39 Å². The number of ether oxygens (including phenoxy) is 1. The third kappa shape index (κ3) is 6.21. The maximum absolute atomic E-state index is 14.0. The summed E-state index contributed by atoms with van der Waals surface area (Å²) in [4.78, 5) is 0. The van der Waals surface area contributed by atoms with E-state index in [1.54, 1.807) is 19.9 Å². The van der Waals surface area contributed by atoms with Gasteiger partial charge in [-0.15, -0.1) is 0 Å². The van der Waals surface area contributed by atoms with E-state index in [-0.39, 0.29) is 18.1 Å². The monoisotopic (exact) mass is 387 g/mol. The highest BCUT2D eigenvalue weighted by molar-refractivity contribution is 7.89. The topological polar surface area (TPSA) is 75.6 Å². The van der Waals surface area contributed by atoms with Crippen molar-refractivity contribution in [2.75, 3.05) is 12.4 Å². The maximum Gasteiger partial charge on any atom is 0.212 e. The Kier molecular flexibility index (Phi) is 6.69. The predicted octanol–water partition coefficient (Wildman–Crippen LogP) is 3.46. The molecule has 5 nitrogen and oxygen atoms in total. The molecule has 2 rings (SSSR count). The van der Waals surface area contributed by atoms with Crippen LogP contribution in [0.2, 0.25) is 0 Å². The normalized spacial score (nSPS) is 16.5. The Labute approximate surface area is 156 Å². The fraction of sp³-hybridized carbons (Fsp3) is 0.684. The van der Waals surface area contributed by atoms with E-state index in [1.807, 2.05) is 0 Å². The molecule has 2 N–H and O–H groups in total. The number of rotatable bonds is 11. The van der Waals surface area contributed by atoms with Gasteiger partial charge in [0.1, 0.15) is 6.61 Å². The van der Waals surface area contributed by atoms with Crippen molar-refractivity contribution in [3.63, 3.8) is 0 Å². The summed E-state index contributed by atoms with van der Waals surface area (Å²) in [6, 6.07) is 4.41. The first-order chi connectivity index (χ1) is 12.1. The van der Waals surface area contributed by atoms with Gasteiger partial charge in [0.05, 0.1) is 16.9 Å². The molecular weight excluding hydrogens is 357 g/mol. The van der Waals surface area contributed by atoms with Crippen molar-refractivity contribution in [3.8, 4) is 5.75 Å². The number of hydrogen-bond donors (Lipinski definition) is 2. The Hall–Kier alpha value is -1.18. The highest BCUT2D eigenvalue weighted by atomic mass is 32.2. The van der Waals surface area contributed by atoms with Crippen molar-refractivity contribution in [3.05, 3.63) is 29.6 Å². The minimum atomic E-state index is -3.39. The minimum absolute atomic E-state index is 0.0260. The SMILES string of the molecule is CCCCCCS(=O)(=O)NC1(c2ccc(F)c(OCC(C)(C)O)c2)CC1. The quantitative estimate of drug-likeness (QED) is 0.570. The van der Waals surface area contributed by atoms with Crippen molar-refractivity contribution in [2.45, 2.75) is 70.4 Å². The number of aliphatic hydroxyl groups is 1. The average molecular weight is 388 g/mol. The molecule has 1 aliphatic rings. The lowest BCUT2D eigenvalue weighted by Gasteiger charge is -2.21. The van der Waals surface area contributed by atoms with Gasteiger partial charge in [-0.25, -0.2) is 17.5 Å². The van der Waals surface area contributed by atoms with Crippen molar-refractivity contribution in [1.29, 1.82) is 0 Å². The van der Waals surface area contributed by atoms with Gasteiger partial charge in [-0.1, -0.05) is 32.3 Å². The van der Waals surface area contributed by atoms with E-state index >= 15 is 0 Å². The highest BCUT2D eigenvalue weighted by Gasteiger charge is 2.47. The van der Waals surface area contributed by atoms with E-state index in [9.17, 15) is 17.9 Å². The van der Waals surface area contributed by atoms with Crippen LogP contribution in [0.1, 0.15) is 64.9 Å². The molecule has 26 heavy (non-hydrogen) atoms. The predicted molar refractivity (Wildman–Crippen MR) is 100 cm³/mol. The van der Waals surface area contributed by atoms with Gasteiger partial charge in [-0.05, 0) is 50.8 Å². The molecule has 1 aromatic rings. The van der Waals surface area contributed by atoms with Crippen molar-refractivity contribution in [2.24, 2.45) is 0 Å². The Balaban J connectivity index is 2.07. The molecule has 0 amide bonds. The second-order valence-electron chi connectivity index (χ2n) is 7.81. The summed E-state index contributed by atoms with van der Waals surface area (Å²) in [5.74, 6) is -0.396. The van der Waals surface area contributed by atoms with E-state index in [4.69, 9.17) is 4.74 Å². The molecule has 1 aromatic carbocycles. The largest absolute Gasteiger partial charge is 0.488 e. The van der Waals surface area contributed by atoms with Gasteiger partial charge in [-0.3, -0.25) is 0 Å². The van der Waals surface area contributed by atoms with Crippen molar-refractivity contribution < 1.29 is 22.7 Å². The van der Waals surface area contributed by atoms with Crippen LogP contribution in [0.3, 0.4) is 0 Å². The van der Waals surface area contributed by atoms with Crippen molar-refractivity contribution >= 4 is 10.0 Å². The van der Waals surface area contributed by atoms with Gasteiger partial charge in [-0.2, -0.15) is 0 Å². The molecule has 0 atom stereocenters. The fourth-order valence-corrected chi connectivity index (χ4v) is 4.41. The summed E-state index contributed by atoms with van der Waals surface area (Å²) in [5.41, 5.74) is -1.05. The summed E-state index contributed by atoms with van der Waals surface area (Å²) >= 11 is 0. The molecule has 148 valence electrons. The molecule has 1 aliphatic carbocycles. The third-order valence-corrected chi connectivity index (χ3v) is 5.96. The molecule has 0 radical (unpaired) electrons. The van der Waals surface area contributed by atoms with Crippen LogP contribution in [-0.4, -0.2) is 31.5 Å². The molecular formula is C19H30FNO4S. The van der Waals surface area contributed by atoms with Gasteiger partial charge >= 0.3 is 0 Å². The van der Waals surface area contributed by atoms with E-state index in [2.05, 4.69) is 11.6 Å². The zero-order valence-corrected chi connectivity index (χ0v) is 16.7. The number of hydrogen-bond acceptors (Lipinski definition) is 4. The summed E-state index contributed by atoms with van der Waals surface area (Å²) in [7, 11) is -3.39. The lowest BCUT2D eigenvalue weighted by atomic mass is 10.1. The van der Waals surface area contributed by atoms with Crippen molar-refractivity contribution in [1.82, 2.24) is 4.72 Å². The molecule has 0 spiro atoms. The summed E-state index contributed by atoms with van der Waals surface area (Å²) in [6.07, 6.45) is 4.98. The van der Waals surface area contributed by atoms with Crippen LogP contribution in [-0.2, 0) is 15.6 Å². The first-order valence-corrected chi connectivity index (χ1v) is 10.9. The third-order valence-electron chi connectivity index (χ3n) is 4.43. The Morgan fingerprint density at radius 2 is 1.96 bits per heavy atom. The van der Waals surface area contributed by atoms with E-state index < -0.39 is 27.0 Å². The second kappa shape index (κ2) is 8.23. The molecule has 0 heterocycles. The molecule has 0 aromatic heterocycles. The van der Waals surface area contributed by atoms with Crippen LogP contribution >= 0.6 is 0 Å². The van der Waals surface area contributed by atoms with E-state index in [0.29, 0.717) is 24.8 Å². The average Bonchev–Trinajstić information content (AvgIpc) is 3.30. The Morgan fingerprint density at radius 3 is 2.54 bits per heavy atom. The van der Waals surface area contributed by atoms with Crippen LogP contribution in [0.15, 0.2) is 18.2 Å². The fourth-order valence-electron chi connectivity index (χ4n) is 2.81. The number of nitrogens with one attached hydrogen (secondary N) is 1. The summed E-state index contributed by atoms with van der Waals surface area (Å²) < 4.78 is 46.9. The molecule has 0 saturated heterocycles. The Morgan fingerprint density at radius 1 is 1.27 bits per heavy atom. The maximum atomic E-state index is 14.0. The highest BCUT2D eigenvalue weighted by Crippen LogP contribution is 2.47. The molecule has 1 saturated carbocycles. The van der Waals surface area contributed by atoms with E-state index in [0.717, 1.165) is 19.3 Å². The molecule has 0 bridgehead atoms. The number of unbranched alkanes of at least 4 members (excludes halogenated alkanes) is 3. The minimum Gasteiger partial charge on any atom is -0.488 e. The zero-order chi connectivity index (χ0) is 19.4. The van der Waals surface area contributed by atoms with Crippen LogP contribution < -0.4 is 9.46 Å². The first kappa shape index (κ1) is 21.1. The second-order valence-corrected chi connectivity index (χ2v) is 9.65. The van der Waals surface area contributed by atoms with E-state index in [1.165, 1.54) is 12.1 Å². The summed E-state index contributed by atoms with van der Waals surface area (Å²) in [6.45, 7) is 5.18. The van der Waals surface area contributed by atoms with Gasteiger partial charge < -0.3 is 9.84 Å². The molecule has 7 heteroatoms. The van der Waals surface area contributed by atoms with Gasteiger partial charge in [0.15, 0.2) is 11.6 Å². The number of halogens is 1. The smallest absolute Gasteiger partial charge is 0.212 e. The number of benzene rings is 1. The Bertz CT molecular complexity index is 709. The molecule has 1 fully saturated rings. The summed E-state index contributed by atoms with van der Waals surface area (Å²) in [5, 5.41) is 9.75. The molecule has 0 aliphatic heterocycles. The van der Waals surface area contributed by atoms with Crippen LogP contribution in [0, 0.1) is 5.82 Å². The standard InChI is InChI=1S/C19H30FNO4S/c1-4-5-6-7-12-26(23,24)21-19(10-11-19)15-8-9-16(20)17(13-15)25-14-18(2,3)22/h8-9,13,21-22H,4-7,10-12,14H2,1-3H3. The van der Waals surface area contributed by atoms with Gasteiger partial charge in [0.25, 0.3) is 0 Å². The zero-order valence-electron chi connectivity index (χ0n) is 15.8. The van der Waals surface area contributed by atoms with Gasteiger partial charge in [0, 0.05) is 0 Å². The number of sulfonamides is 1. The van der Waals surface area contributed by atoms with Gasteiger partial charge in [0.2, 0.25) is 10.0 Å². The molecule has 0 unspecified atom stereocenters. The van der Waals surface area contributed by atoms with Crippen LogP contribution in [0.25, 0.3) is 0 Å².